The smallest absolute Gasteiger partial charge is 0.309 e. The summed E-state index contributed by atoms with van der Waals surface area (Å²) in [6.45, 7) is 2.50. The van der Waals surface area contributed by atoms with Crippen molar-refractivity contribution in [2.45, 2.75) is 13.3 Å². The van der Waals surface area contributed by atoms with Gasteiger partial charge in [-0.15, -0.1) is 0 Å². The number of para-hydroxylation sites is 3. The van der Waals surface area contributed by atoms with E-state index >= 15 is 0 Å². The maximum Gasteiger partial charge on any atom is 0.309 e. The van der Waals surface area contributed by atoms with Crippen LogP contribution < -0.4 is 10.1 Å². The van der Waals surface area contributed by atoms with Gasteiger partial charge < -0.3 is 15.2 Å². The van der Waals surface area contributed by atoms with Crippen LogP contribution in [0, 0.1) is 0 Å². The van der Waals surface area contributed by atoms with Gasteiger partial charge in [0.15, 0.2) is 0 Å². The number of aliphatic carboxylic acids is 1. The Morgan fingerprint density at radius 3 is 2.67 bits per heavy atom. The highest BCUT2D eigenvalue weighted by atomic mass is 16.5. The average Bonchev–Trinajstić information content (AvgIpc) is 2.56. The molecule has 0 radical (unpaired) electrons. The van der Waals surface area contributed by atoms with Gasteiger partial charge in [0, 0.05) is 11.1 Å². The van der Waals surface area contributed by atoms with Gasteiger partial charge >= 0.3 is 5.97 Å². The molecule has 1 heterocycles. The highest BCUT2D eigenvalue weighted by Crippen LogP contribution is 2.31. The third-order valence-electron chi connectivity index (χ3n) is 3.56. The molecule has 0 aliphatic rings. The first-order valence-electron chi connectivity index (χ1n) is 7.76. The number of nitrogens with zero attached hydrogens (tertiary/aromatic N) is 1. The van der Waals surface area contributed by atoms with Crippen LogP contribution in [0.4, 0.5) is 11.4 Å². The molecule has 0 amide bonds. The van der Waals surface area contributed by atoms with Gasteiger partial charge in [0.05, 0.1) is 29.9 Å². The Morgan fingerprint density at radius 1 is 1.12 bits per heavy atom. The van der Waals surface area contributed by atoms with Crippen LogP contribution in [-0.4, -0.2) is 22.7 Å². The normalized spacial score (nSPS) is 10.5. The zero-order valence-electron chi connectivity index (χ0n) is 13.3. The number of nitrogens with one attached hydrogen (secondary N) is 1. The van der Waals surface area contributed by atoms with E-state index in [4.69, 9.17) is 9.84 Å². The minimum atomic E-state index is -0.904. The van der Waals surface area contributed by atoms with E-state index in [0.29, 0.717) is 12.3 Å². The van der Waals surface area contributed by atoms with E-state index in [2.05, 4.69) is 10.3 Å². The molecule has 1 aromatic heterocycles. The summed E-state index contributed by atoms with van der Waals surface area (Å²) in [6, 6.07) is 17.1. The minimum absolute atomic E-state index is 0.118. The standard InChI is InChI=1S/C19H18N2O3/c1-2-24-18-10-6-5-9-16(18)21-17-11-13(12-19(22)23)20-15-8-4-3-7-14(15)17/h3-11H,2,12H2,1H3,(H,20,21)(H,22,23). The zero-order chi connectivity index (χ0) is 16.9. The molecular formula is C19H18N2O3. The van der Waals surface area contributed by atoms with Crippen LogP contribution in [0.25, 0.3) is 10.9 Å². The highest BCUT2D eigenvalue weighted by molar-refractivity contribution is 5.94. The molecule has 0 aliphatic carbocycles. The Labute approximate surface area is 139 Å². The molecule has 0 unspecified atom stereocenters. The Hall–Kier alpha value is -3.08. The summed E-state index contributed by atoms with van der Waals surface area (Å²) < 4.78 is 5.64. The van der Waals surface area contributed by atoms with Gasteiger partial charge in [-0.2, -0.15) is 0 Å². The summed E-state index contributed by atoms with van der Waals surface area (Å²) in [4.78, 5) is 15.5. The molecule has 0 spiro atoms. The van der Waals surface area contributed by atoms with Gasteiger partial charge in [-0.25, -0.2) is 0 Å². The van der Waals surface area contributed by atoms with Crippen LogP contribution in [-0.2, 0) is 11.2 Å². The third kappa shape index (κ3) is 3.46. The fourth-order valence-corrected chi connectivity index (χ4v) is 2.58. The van der Waals surface area contributed by atoms with Crippen molar-refractivity contribution < 1.29 is 14.6 Å². The SMILES string of the molecule is CCOc1ccccc1Nc1cc(CC(=O)O)nc2ccccc12. The Bertz CT molecular complexity index is 877. The first-order valence-corrected chi connectivity index (χ1v) is 7.76. The van der Waals surface area contributed by atoms with Gasteiger partial charge in [0.25, 0.3) is 0 Å². The summed E-state index contributed by atoms with van der Waals surface area (Å²) in [7, 11) is 0. The van der Waals surface area contributed by atoms with Gasteiger partial charge in [-0.05, 0) is 31.2 Å². The lowest BCUT2D eigenvalue weighted by atomic mass is 10.1. The van der Waals surface area contributed by atoms with Gasteiger partial charge in [0.2, 0.25) is 0 Å². The Morgan fingerprint density at radius 2 is 1.88 bits per heavy atom. The Kier molecular flexibility index (Phi) is 4.61. The van der Waals surface area contributed by atoms with E-state index in [1.54, 1.807) is 6.07 Å². The highest BCUT2D eigenvalue weighted by Gasteiger charge is 2.10. The lowest BCUT2D eigenvalue weighted by molar-refractivity contribution is -0.136. The monoisotopic (exact) mass is 322 g/mol. The Balaban J connectivity index is 2.06. The second-order valence-electron chi connectivity index (χ2n) is 5.30. The fourth-order valence-electron chi connectivity index (χ4n) is 2.58. The van der Waals surface area contributed by atoms with E-state index < -0.39 is 5.97 Å². The lowest BCUT2D eigenvalue weighted by Crippen LogP contribution is -2.04. The van der Waals surface area contributed by atoms with Crippen LogP contribution in [0.15, 0.2) is 54.6 Å². The molecule has 0 atom stereocenters. The summed E-state index contributed by atoms with van der Waals surface area (Å²) in [5.41, 5.74) is 2.91. The summed E-state index contributed by atoms with van der Waals surface area (Å²) >= 11 is 0. The first-order chi connectivity index (χ1) is 11.7. The second kappa shape index (κ2) is 7.00. The van der Waals surface area contributed by atoms with Crippen molar-refractivity contribution in [1.82, 2.24) is 4.98 Å². The summed E-state index contributed by atoms with van der Waals surface area (Å²) in [5.74, 6) is -0.154. The number of hydrogen-bond donors (Lipinski definition) is 2. The quantitative estimate of drug-likeness (QED) is 0.717. The molecule has 0 aliphatic heterocycles. The lowest BCUT2D eigenvalue weighted by Gasteiger charge is -2.14. The summed E-state index contributed by atoms with van der Waals surface area (Å²) in [5, 5.41) is 13.3. The largest absolute Gasteiger partial charge is 0.492 e. The van der Waals surface area contributed by atoms with Crippen molar-refractivity contribution in [2.24, 2.45) is 0 Å². The van der Waals surface area contributed by atoms with Crippen LogP contribution >= 0.6 is 0 Å². The molecule has 3 rings (SSSR count). The third-order valence-corrected chi connectivity index (χ3v) is 3.56. The number of ether oxygens (including phenoxy) is 1. The van der Waals surface area contributed by atoms with Gasteiger partial charge in [0.1, 0.15) is 5.75 Å². The van der Waals surface area contributed by atoms with Crippen LogP contribution in [0.5, 0.6) is 5.75 Å². The van der Waals surface area contributed by atoms with Crippen molar-refractivity contribution in [3.8, 4) is 5.75 Å². The second-order valence-corrected chi connectivity index (χ2v) is 5.30. The van der Waals surface area contributed by atoms with E-state index in [9.17, 15) is 4.79 Å². The number of benzene rings is 2. The number of hydrogen-bond acceptors (Lipinski definition) is 4. The maximum atomic E-state index is 11.0. The van der Waals surface area contributed by atoms with Crippen LogP contribution in [0.1, 0.15) is 12.6 Å². The number of rotatable bonds is 6. The number of aromatic nitrogens is 1. The van der Waals surface area contributed by atoms with Crippen LogP contribution in [0.3, 0.4) is 0 Å². The van der Waals surface area contributed by atoms with Gasteiger partial charge in [-0.1, -0.05) is 30.3 Å². The molecule has 0 bridgehead atoms. The molecular weight excluding hydrogens is 304 g/mol. The zero-order valence-corrected chi connectivity index (χ0v) is 13.3. The van der Waals surface area contributed by atoms with Crippen molar-refractivity contribution in [2.75, 3.05) is 11.9 Å². The molecule has 5 heteroatoms. The molecule has 0 saturated carbocycles. The van der Waals surface area contributed by atoms with Crippen molar-refractivity contribution in [3.05, 3.63) is 60.3 Å². The summed E-state index contributed by atoms with van der Waals surface area (Å²) in [6.07, 6.45) is -0.118. The number of carbonyl (C=O) groups is 1. The minimum Gasteiger partial charge on any atom is -0.492 e. The maximum absolute atomic E-state index is 11.0. The number of fused-ring (bicyclic) bond motifs is 1. The molecule has 3 aromatic rings. The topological polar surface area (TPSA) is 71.5 Å². The van der Waals surface area contributed by atoms with E-state index in [-0.39, 0.29) is 6.42 Å². The van der Waals surface area contributed by atoms with Gasteiger partial charge in [-0.3, -0.25) is 9.78 Å². The molecule has 0 saturated heterocycles. The van der Waals surface area contributed by atoms with E-state index in [1.807, 2.05) is 55.5 Å². The van der Waals surface area contributed by atoms with E-state index in [0.717, 1.165) is 28.0 Å². The predicted octanol–water partition coefficient (Wildman–Crippen LogP) is 4.00. The van der Waals surface area contributed by atoms with Crippen molar-refractivity contribution in [3.63, 3.8) is 0 Å². The van der Waals surface area contributed by atoms with Crippen molar-refractivity contribution >= 4 is 28.2 Å². The average molecular weight is 322 g/mol. The molecule has 122 valence electrons. The molecule has 2 N–H and O–H groups in total. The molecule has 24 heavy (non-hydrogen) atoms. The molecule has 0 fully saturated rings. The van der Waals surface area contributed by atoms with E-state index in [1.165, 1.54) is 0 Å². The van der Waals surface area contributed by atoms with Crippen molar-refractivity contribution in [1.29, 1.82) is 0 Å². The number of pyridine rings is 1. The number of carboxylic acids is 1. The molecule has 5 nitrogen and oxygen atoms in total. The first kappa shape index (κ1) is 15.8. The van der Waals surface area contributed by atoms with Crippen LogP contribution in [0.2, 0.25) is 0 Å². The predicted molar refractivity (Wildman–Crippen MR) is 94.0 cm³/mol. The number of anilines is 2. The molecule has 2 aromatic carbocycles. The number of carboxylic acid groups (broad SMARTS) is 1. The fraction of sp³-hybridized carbons (Fsp3) is 0.158.